The molecule has 0 fully saturated rings. The molecule has 8 nitrogen and oxygen atoms in total. The number of aromatic nitrogens is 5. The van der Waals surface area contributed by atoms with Crippen LogP contribution in [0.2, 0.25) is 0 Å². The first-order valence-electron chi connectivity index (χ1n) is 6.39. The molecule has 0 aliphatic heterocycles. The maximum Gasteiger partial charge on any atom is 0.322 e. The molecule has 2 rings (SSSR count). The van der Waals surface area contributed by atoms with Crippen molar-refractivity contribution in [3.63, 3.8) is 0 Å². The molecule has 3 N–H and O–H groups in total. The molecule has 0 spiro atoms. The molecule has 20 heavy (non-hydrogen) atoms. The Morgan fingerprint density at radius 2 is 2.10 bits per heavy atom. The minimum atomic E-state index is 0.137. The van der Waals surface area contributed by atoms with Gasteiger partial charge < -0.3 is 15.8 Å². The Balaban J connectivity index is 1.84. The van der Waals surface area contributed by atoms with E-state index in [1.807, 2.05) is 18.5 Å². The molecule has 0 aliphatic carbocycles. The molecule has 0 unspecified atom stereocenters. The van der Waals surface area contributed by atoms with E-state index in [0.717, 1.165) is 24.4 Å². The van der Waals surface area contributed by atoms with Crippen LogP contribution < -0.4 is 15.8 Å². The van der Waals surface area contributed by atoms with Crippen LogP contribution in [0.5, 0.6) is 6.01 Å². The quantitative estimate of drug-likeness (QED) is 0.752. The fourth-order valence-electron chi connectivity index (χ4n) is 1.87. The van der Waals surface area contributed by atoms with Crippen molar-refractivity contribution in [3.8, 4) is 6.01 Å². The summed E-state index contributed by atoms with van der Waals surface area (Å²) >= 11 is 0. The first kappa shape index (κ1) is 14.0. The van der Waals surface area contributed by atoms with Crippen molar-refractivity contribution < 1.29 is 4.74 Å². The molecular formula is C12H19N7O. The van der Waals surface area contributed by atoms with Crippen LogP contribution in [0.1, 0.15) is 17.8 Å². The third-order valence-corrected chi connectivity index (χ3v) is 2.75. The lowest BCUT2D eigenvalue weighted by atomic mass is 10.4. The molecule has 2 heterocycles. The lowest BCUT2D eigenvalue weighted by Crippen LogP contribution is -2.12. The Kier molecular flexibility index (Phi) is 4.34. The normalized spacial score (nSPS) is 10.6. The summed E-state index contributed by atoms with van der Waals surface area (Å²) in [7, 11) is 1.49. The van der Waals surface area contributed by atoms with Gasteiger partial charge in [-0.05, 0) is 26.3 Å². The van der Waals surface area contributed by atoms with Crippen LogP contribution in [-0.4, -0.2) is 38.4 Å². The van der Waals surface area contributed by atoms with Crippen LogP contribution in [0, 0.1) is 13.8 Å². The van der Waals surface area contributed by atoms with Crippen molar-refractivity contribution in [1.29, 1.82) is 0 Å². The van der Waals surface area contributed by atoms with Crippen LogP contribution in [-0.2, 0) is 6.54 Å². The van der Waals surface area contributed by atoms with Gasteiger partial charge in [-0.3, -0.25) is 4.68 Å². The molecule has 0 saturated carbocycles. The number of nitrogen functional groups attached to an aromatic ring is 1. The van der Waals surface area contributed by atoms with Gasteiger partial charge in [-0.1, -0.05) is 0 Å². The van der Waals surface area contributed by atoms with Gasteiger partial charge in [0.15, 0.2) is 0 Å². The molecular weight excluding hydrogens is 258 g/mol. The van der Waals surface area contributed by atoms with E-state index in [1.54, 1.807) is 0 Å². The molecule has 108 valence electrons. The summed E-state index contributed by atoms with van der Waals surface area (Å²) < 4.78 is 6.92. The number of rotatable bonds is 6. The molecule has 2 aromatic heterocycles. The molecule has 8 heteroatoms. The number of hydrogen-bond donors (Lipinski definition) is 2. The first-order valence-corrected chi connectivity index (χ1v) is 6.39. The second-order valence-corrected chi connectivity index (χ2v) is 4.43. The molecule has 0 radical (unpaired) electrons. The number of ether oxygens (including phenoxy) is 1. The SMILES string of the molecule is COc1nc(N)nc(NCCCn2nc(C)cc2C)n1. The average Bonchev–Trinajstić information content (AvgIpc) is 2.72. The molecule has 0 amide bonds. The maximum absolute atomic E-state index is 5.56. The highest BCUT2D eigenvalue weighted by molar-refractivity contribution is 5.32. The number of anilines is 2. The third-order valence-electron chi connectivity index (χ3n) is 2.75. The van der Waals surface area contributed by atoms with E-state index >= 15 is 0 Å². The lowest BCUT2D eigenvalue weighted by molar-refractivity contribution is 0.379. The molecule has 0 saturated heterocycles. The van der Waals surface area contributed by atoms with Gasteiger partial charge in [-0.25, -0.2) is 0 Å². The van der Waals surface area contributed by atoms with Crippen molar-refractivity contribution in [2.75, 3.05) is 24.7 Å². The number of hydrogen-bond acceptors (Lipinski definition) is 7. The van der Waals surface area contributed by atoms with E-state index in [9.17, 15) is 0 Å². The van der Waals surface area contributed by atoms with Gasteiger partial charge in [0, 0.05) is 18.8 Å². The van der Waals surface area contributed by atoms with Crippen molar-refractivity contribution in [2.45, 2.75) is 26.8 Å². The first-order chi connectivity index (χ1) is 9.58. The van der Waals surface area contributed by atoms with E-state index in [2.05, 4.69) is 31.4 Å². The number of methoxy groups -OCH3 is 1. The molecule has 0 aliphatic rings. The number of nitrogens with zero attached hydrogens (tertiary/aromatic N) is 5. The van der Waals surface area contributed by atoms with Gasteiger partial charge in [-0.15, -0.1) is 0 Å². The Bertz CT molecular complexity index is 581. The van der Waals surface area contributed by atoms with Gasteiger partial charge in [0.1, 0.15) is 0 Å². The predicted octanol–water partition coefficient (Wildman–Crippen LogP) is 0.778. The molecule has 0 bridgehead atoms. The highest BCUT2D eigenvalue weighted by atomic mass is 16.5. The zero-order chi connectivity index (χ0) is 14.5. The minimum absolute atomic E-state index is 0.137. The van der Waals surface area contributed by atoms with E-state index < -0.39 is 0 Å². The third kappa shape index (κ3) is 3.56. The zero-order valence-corrected chi connectivity index (χ0v) is 11.9. The average molecular weight is 277 g/mol. The van der Waals surface area contributed by atoms with Crippen LogP contribution in [0.4, 0.5) is 11.9 Å². The summed E-state index contributed by atoms with van der Waals surface area (Å²) in [6.45, 7) is 5.59. The molecule has 0 atom stereocenters. The standard InChI is InChI=1S/C12H19N7O/c1-8-7-9(2)19(18-8)6-4-5-14-11-15-10(13)16-12(17-11)20-3/h7H,4-6H2,1-3H3,(H3,13,14,15,16,17). The highest BCUT2D eigenvalue weighted by Gasteiger charge is 2.04. The number of nitrogens with two attached hydrogens (primary N) is 1. The van der Waals surface area contributed by atoms with Crippen LogP contribution in [0.15, 0.2) is 6.07 Å². The Morgan fingerprint density at radius 1 is 1.30 bits per heavy atom. The molecule has 0 aromatic carbocycles. The number of nitrogens with one attached hydrogen (secondary N) is 1. The number of aryl methyl sites for hydroxylation is 3. The van der Waals surface area contributed by atoms with Gasteiger partial charge in [-0.2, -0.15) is 20.1 Å². The van der Waals surface area contributed by atoms with Gasteiger partial charge in [0.05, 0.1) is 12.8 Å². The summed E-state index contributed by atoms with van der Waals surface area (Å²) in [6, 6.07) is 2.27. The summed E-state index contributed by atoms with van der Waals surface area (Å²) in [5.74, 6) is 0.556. The Hall–Kier alpha value is -2.38. The summed E-state index contributed by atoms with van der Waals surface area (Å²) in [4.78, 5) is 11.9. The minimum Gasteiger partial charge on any atom is -0.467 e. The van der Waals surface area contributed by atoms with Gasteiger partial charge >= 0.3 is 6.01 Å². The highest BCUT2D eigenvalue weighted by Crippen LogP contribution is 2.08. The smallest absolute Gasteiger partial charge is 0.322 e. The monoisotopic (exact) mass is 277 g/mol. The molecule has 2 aromatic rings. The van der Waals surface area contributed by atoms with Gasteiger partial charge in [0.2, 0.25) is 11.9 Å². The van der Waals surface area contributed by atoms with Crippen molar-refractivity contribution in [2.24, 2.45) is 0 Å². The maximum atomic E-state index is 5.56. The van der Waals surface area contributed by atoms with E-state index in [0.29, 0.717) is 12.5 Å². The van der Waals surface area contributed by atoms with Crippen molar-refractivity contribution >= 4 is 11.9 Å². The Morgan fingerprint density at radius 3 is 2.75 bits per heavy atom. The summed E-state index contributed by atoms with van der Waals surface area (Å²) in [5.41, 5.74) is 7.75. The summed E-state index contributed by atoms with van der Waals surface area (Å²) in [5, 5.41) is 7.50. The van der Waals surface area contributed by atoms with Gasteiger partial charge in [0.25, 0.3) is 0 Å². The zero-order valence-electron chi connectivity index (χ0n) is 11.9. The second kappa shape index (κ2) is 6.18. The fraction of sp³-hybridized carbons (Fsp3) is 0.500. The lowest BCUT2D eigenvalue weighted by Gasteiger charge is -2.07. The summed E-state index contributed by atoms with van der Waals surface area (Å²) in [6.07, 6.45) is 0.899. The topological polar surface area (TPSA) is 104 Å². The van der Waals surface area contributed by atoms with E-state index in [1.165, 1.54) is 7.11 Å². The second-order valence-electron chi connectivity index (χ2n) is 4.43. The predicted molar refractivity (Wildman–Crippen MR) is 75.6 cm³/mol. The van der Waals surface area contributed by atoms with E-state index in [4.69, 9.17) is 10.5 Å². The Labute approximate surface area is 117 Å². The largest absolute Gasteiger partial charge is 0.467 e. The van der Waals surface area contributed by atoms with E-state index in [-0.39, 0.29) is 12.0 Å². The van der Waals surface area contributed by atoms with Crippen LogP contribution in [0.25, 0.3) is 0 Å². The van der Waals surface area contributed by atoms with Crippen molar-refractivity contribution in [3.05, 3.63) is 17.5 Å². The van der Waals surface area contributed by atoms with Crippen molar-refractivity contribution in [1.82, 2.24) is 24.7 Å². The van der Waals surface area contributed by atoms with Crippen LogP contribution >= 0.6 is 0 Å². The van der Waals surface area contributed by atoms with Crippen LogP contribution in [0.3, 0.4) is 0 Å². The fourth-order valence-corrected chi connectivity index (χ4v) is 1.87.